The highest BCUT2D eigenvalue weighted by molar-refractivity contribution is 6.74. The van der Waals surface area contributed by atoms with Gasteiger partial charge in [0, 0.05) is 17.2 Å². The van der Waals surface area contributed by atoms with Crippen molar-refractivity contribution in [3.63, 3.8) is 0 Å². The molecule has 2 aromatic carbocycles. The van der Waals surface area contributed by atoms with Crippen molar-refractivity contribution >= 4 is 14.3 Å². The Morgan fingerprint density at radius 2 is 1.66 bits per heavy atom. The summed E-state index contributed by atoms with van der Waals surface area (Å²) in [6.45, 7) is 10.4. The summed E-state index contributed by atoms with van der Waals surface area (Å²) in [5.41, 5.74) is -0.304. The summed E-state index contributed by atoms with van der Waals surface area (Å²) in [7, 11) is -1.98. The van der Waals surface area contributed by atoms with Crippen LogP contribution in [0.15, 0.2) is 42.7 Å². The molecule has 0 bridgehead atoms. The number of nitro groups is 1. The maximum atomic E-state index is 14.5. The van der Waals surface area contributed by atoms with Gasteiger partial charge < -0.3 is 19.3 Å². The molecule has 170 valence electrons. The second-order valence-corrected chi connectivity index (χ2v) is 13.5. The molecule has 8 nitrogen and oxygen atoms in total. The van der Waals surface area contributed by atoms with Crippen molar-refractivity contribution < 1.29 is 22.9 Å². The molecule has 0 fully saturated rings. The highest BCUT2D eigenvalue weighted by Gasteiger charge is 2.38. The smallest absolute Gasteiger partial charge is 0.491 e. The third-order valence-corrected chi connectivity index (χ3v) is 9.78. The summed E-state index contributed by atoms with van der Waals surface area (Å²) in [6.07, 6.45) is 1.01. The second-order valence-electron chi connectivity index (χ2n) is 8.76. The van der Waals surface area contributed by atoms with E-state index in [1.807, 2.05) is 0 Å². The maximum absolute atomic E-state index is 14.5. The molecule has 0 saturated carbocycles. The van der Waals surface area contributed by atoms with Crippen molar-refractivity contribution in [2.24, 2.45) is 0 Å². The molecule has 0 radical (unpaired) electrons. The van der Waals surface area contributed by atoms with Gasteiger partial charge in [-0.2, -0.15) is 0 Å². The van der Waals surface area contributed by atoms with Gasteiger partial charge in [0.05, 0.1) is 11.3 Å². The van der Waals surface area contributed by atoms with Crippen LogP contribution in [0.3, 0.4) is 0 Å². The van der Waals surface area contributed by atoms with Crippen LogP contribution in [0.1, 0.15) is 26.3 Å². The predicted octanol–water partition coefficient (Wildman–Crippen LogP) is 5.42. The summed E-state index contributed by atoms with van der Waals surface area (Å²) < 4.78 is 41.7. The Kier molecular flexibility index (Phi) is 6.31. The van der Waals surface area contributed by atoms with E-state index in [-0.39, 0.29) is 22.9 Å². The molecule has 3 rings (SSSR count). The Morgan fingerprint density at radius 1 is 1.09 bits per heavy atom. The molecule has 1 heterocycles. The molecular formula is C21H24F2N4O4Si. The molecule has 0 amide bonds. The molecule has 11 heteroatoms. The number of hydrogen-bond acceptors (Lipinski definition) is 6. The second kappa shape index (κ2) is 8.65. The van der Waals surface area contributed by atoms with Crippen molar-refractivity contribution in [3.8, 4) is 17.2 Å². The zero-order valence-corrected chi connectivity index (χ0v) is 19.4. The lowest BCUT2D eigenvalue weighted by atomic mass is 10.2. The Balaban J connectivity index is 1.69. The largest absolute Gasteiger partial charge is 0.543 e. The summed E-state index contributed by atoms with van der Waals surface area (Å²) in [5.74, 6) is -1.25. The van der Waals surface area contributed by atoms with E-state index in [1.54, 1.807) is 24.3 Å². The van der Waals surface area contributed by atoms with Crippen LogP contribution in [0.2, 0.25) is 18.1 Å². The quantitative estimate of drug-likeness (QED) is 0.265. The molecule has 0 saturated heterocycles. The first-order valence-electron chi connectivity index (χ1n) is 9.83. The van der Waals surface area contributed by atoms with Gasteiger partial charge in [-0.05, 0) is 47.3 Å². The van der Waals surface area contributed by atoms with Crippen LogP contribution < -0.4 is 9.16 Å². The number of halogens is 2. The minimum Gasteiger partial charge on any atom is -0.543 e. The molecule has 1 aromatic heterocycles. The van der Waals surface area contributed by atoms with E-state index in [4.69, 9.17) is 9.16 Å². The fraction of sp³-hybridized carbons (Fsp3) is 0.333. The van der Waals surface area contributed by atoms with Crippen LogP contribution in [-0.2, 0) is 6.61 Å². The zero-order valence-electron chi connectivity index (χ0n) is 18.4. The maximum Gasteiger partial charge on any atom is 0.491 e. The van der Waals surface area contributed by atoms with Crippen LogP contribution in [0.5, 0.6) is 11.5 Å². The number of aromatic nitrogens is 3. The van der Waals surface area contributed by atoms with Crippen molar-refractivity contribution in [2.75, 3.05) is 0 Å². The SMILES string of the molecule is CC(C)(C)[Si](C)(C)Oc1ccc(OCc2c(F)cc(-n3cnc([N+](=O)[O-])n3)cc2F)cc1. The molecule has 0 atom stereocenters. The van der Waals surface area contributed by atoms with Gasteiger partial charge in [0.1, 0.15) is 29.7 Å². The van der Waals surface area contributed by atoms with Crippen molar-refractivity contribution in [3.05, 3.63) is 70.0 Å². The van der Waals surface area contributed by atoms with Crippen LogP contribution in [-0.4, -0.2) is 28.0 Å². The van der Waals surface area contributed by atoms with Gasteiger partial charge in [-0.1, -0.05) is 25.8 Å². The third-order valence-electron chi connectivity index (χ3n) is 5.42. The van der Waals surface area contributed by atoms with E-state index < -0.39 is 30.8 Å². The van der Waals surface area contributed by atoms with Gasteiger partial charge in [0.2, 0.25) is 14.6 Å². The minimum absolute atomic E-state index is 0.0310. The van der Waals surface area contributed by atoms with E-state index in [2.05, 4.69) is 43.9 Å². The third kappa shape index (κ3) is 5.10. The first-order chi connectivity index (χ1) is 14.9. The lowest BCUT2D eigenvalue weighted by Gasteiger charge is -2.36. The first-order valence-corrected chi connectivity index (χ1v) is 12.7. The van der Waals surface area contributed by atoms with E-state index in [0.29, 0.717) is 11.5 Å². The highest BCUT2D eigenvalue weighted by atomic mass is 28.4. The van der Waals surface area contributed by atoms with E-state index in [1.165, 1.54) is 0 Å². The summed E-state index contributed by atoms with van der Waals surface area (Å²) >= 11 is 0. The van der Waals surface area contributed by atoms with Crippen molar-refractivity contribution in [2.45, 2.75) is 45.5 Å². The monoisotopic (exact) mass is 462 g/mol. The van der Waals surface area contributed by atoms with Gasteiger partial charge >= 0.3 is 5.95 Å². The number of ether oxygens (including phenoxy) is 1. The summed E-state index contributed by atoms with van der Waals surface area (Å²) in [5, 5.41) is 14.3. The highest BCUT2D eigenvalue weighted by Crippen LogP contribution is 2.37. The van der Waals surface area contributed by atoms with Crippen LogP contribution >= 0.6 is 0 Å². The number of rotatable bonds is 7. The molecule has 0 N–H and O–H groups in total. The van der Waals surface area contributed by atoms with Crippen LogP contribution in [0.4, 0.5) is 14.7 Å². The topological polar surface area (TPSA) is 92.3 Å². The van der Waals surface area contributed by atoms with E-state index in [0.717, 1.165) is 23.1 Å². The van der Waals surface area contributed by atoms with Crippen molar-refractivity contribution in [1.82, 2.24) is 14.8 Å². The lowest BCUT2D eigenvalue weighted by molar-refractivity contribution is -0.394. The van der Waals surface area contributed by atoms with E-state index >= 15 is 0 Å². The summed E-state index contributed by atoms with van der Waals surface area (Å²) in [6, 6.07) is 8.92. The summed E-state index contributed by atoms with van der Waals surface area (Å²) in [4.78, 5) is 13.4. The zero-order chi connectivity index (χ0) is 23.7. The molecule has 32 heavy (non-hydrogen) atoms. The van der Waals surface area contributed by atoms with Gasteiger partial charge in [0.15, 0.2) is 0 Å². The Hall–Kier alpha value is -3.34. The van der Waals surface area contributed by atoms with Gasteiger partial charge in [-0.25, -0.2) is 8.78 Å². The first kappa shape index (κ1) is 23.3. The van der Waals surface area contributed by atoms with Crippen LogP contribution in [0, 0.1) is 21.7 Å². The normalized spacial score (nSPS) is 12.0. The molecule has 0 aliphatic rings. The number of nitrogens with zero attached hydrogens (tertiary/aromatic N) is 4. The molecule has 0 spiro atoms. The Bertz CT molecular complexity index is 1100. The predicted molar refractivity (Wildman–Crippen MR) is 117 cm³/mol. The standard InChI is InChI=1S/C21H24F2N4O4Si/c1-21(2,3)32(4,5)31-16-8-6-15(7-9-16)30-12-17-18(22)10-14(11-19(17)23)26-13-24-20(25-26)27(28)29/h6-11,13H,12H2,1-5H3. The molecule has 3 aromatic rings. The van der Waals surface area contributed by atoms with Crippen molar-refractivity contribution in [1.29, 1.82) is 0 Å². The van der Waals surface area contributed by atoms with Gasteiger partial charge in [-0.15, -0.1) is 4.68 Å². The lowest BCUT2D eigenvalue weighted by Crippen LogP contribution is -2.43. The molecular weight excluding hydrogens is 438 g/mol. The van der Waals surface area contributed by atoms with Crippen LogP contribution in [0.25, 0.3) is 5.69 Å². The van der Waals surface area contributed by atoms with Gasteiger partial charge in [0.25, 0.3) is 0 Å². The molecule has 0 unspecified atom stereocenters. The Labute approximate surface area is 185 Å². The fourth-order valence-corrected chi connectivity index (χ4v) is 3.56. The number of hydrogen-bond donors (Lipinski definition) is 0. The van der Waals surface area contributed by atoms with Gasteiger partial charge in [-0.3, -0.25) is 0 Å². The average molecular weight is 463 g/mol. The Morgan fingerprint density at radius 3 is 2.16 bits per heavy atom. The van der Waals surface area contributed by atoms with E-state index in [9.17, 15) is 18.9 Å². The molecule has 0 aliphatic carbocycles. The fourth-order valence-electron chi connectivity index (χ4n) is 2.53. The number of benzene rings is 2. The molecule has 0 aliphatic heterocycles. The minimum atomic E-state index is -1.98. The average Bonchev–Trinajstić information content (AvgIpc) is 3.18.